The molecule has 0 saturated heterocycles. The lowest BCUT2D eigenvalue weighted by molar-refractivity contribution is -0.141. The number of amides is 1. The third kappa shape index (κ3) is 2.72. The zero-order chi connectivity index (χ0) is 20.2. The standard InChI is InChI=1S/C20H17NO6S/c1-11(20(24)25)21(13-7-8-13)19(23)12-6-9-15-17(10-12)28(26,27)16-5-3-2-4-14(16)18(15)22/h2-6,9-11,13H,7-8H2,1H3,(H,24,25). The Morgan fingerprint density at radius 3 is 2.36 bits per heavy atom. The summed E-state index contributed by atoms with van der Waals surface area (Å²) in [4.78, 5) is 38.0. The molecule has 0 aromatic heterocycles. The first-order valence-corrected chi connectivity index (χ1v) is 10.3. The monoisotopic (exact) mass is 399 g/mol. The summed E-state index contributed by atoms with van der Waals surface area (Å²) >= 11 is 0. The van der Waals surface area contributed by atoms with Gasteiger partial charge in [-0.1, -0.05) is 12.1 Å². The van der Waals surface area contributed by atoms with Crippen LogP contribution in [-0.4, -0.2) is 48.2 Å². The predicted molar refractivity (Wildman–Crippen MR) is 98.1 cm³/mol. The number of hydrogen-bond acceptors (Lipinski definition) is 5. The number of nitrogens with zero attached hydrogens (tertiary/aromatic N) is 1. The fourth-order valence-corrected chi connectivity index (χ4v) is 5.17. The van der Waals surface area contributed by atoms with E-state index in [0.29, 0.717) is 12.8 Å². The van der Waals surface area contributed by atoms with Gasteiger partial charge in [-0.15, -0.1) is 0 Å². The highest BCUT2D eigenvalue weighted by Gasteiger charge is 2.40. The van der Waals surface area contributed by atoms with Gasteiger partial charge in [-0.2, -0.15) is 0 Å². The van der Waals surface area contributed by atoms with E-state index in [2.05, 4.69) is 0 Å². The zero-order valence-electron chi connectivity index (χ0n) is 15.0. The van der Waals surface area contributed by atoms with Crippen molar-refractivity contribution in [3.05, 3.63) is 59.2 Å². The van der Waals surface area contributed by atoms with E-state index >= 15 is 0 Å². The molecule has 0 spiro atoms. The lowest BCUT2D eigenvalue weighted by atomic mass is 10.0. The summed E-state index contributed by atoms with van der Waals surface area (Å²) in [5.74, 6) is -2.10. The molecule has 0 radical (unpaired) electrons. The Hall–Kier alpha value is -3.00. The smallest absolute Gasteiger partial charge is 0.326 e. The minimum absolute atomic E-state index is 0.0134. The summed E-state index contributed by atoms with van der Waals surface area (Å²) in [6, 6.07) is 8.64. The average Bonchev–Trinajstić information content (AvgIpc) is 3.51. The Morgan fingerprint density at radius 1 is 1.07 bits per heavy atom. The summed E-state index contributed by atoms with van der Waals surface area (Å²) in [6.07, 6.45) is 1.41. The van der Waals surface area contributed by atoms with E-state index in [1.54, 1.807) is 6.07 Å². The highest BCUT2D eigenvalue weighted by atomic mass is 32.2. The minimum atomic E-state index is -3.97. The van der Waals surface area contributed by atoms with Crippen LogP contribution in [0.4, 0.5) is 0 Å². The summed E-state index contributed by atoms with van der Waals surface area (Å²) in [7, 11) is -3.97. The Morgan fingerprint density at radius 2 is 1.71 bits per heavy atom. The maximum Gasteiger partial charge on any atom is 0.326 e. The first-order chi connectivity index (χ1) is 13.2. The Balaban J connectivity index is 1.81. The Bertz CT molecular complexity index is 1130. The number of carboxylic acids is 1. The number of carboxylic acid groups (broad SMARTS) is 1. The van der Waals surface area contributed by atoms with Gasteiger partial charge in [0.25, 0.3) is 5.91 Å². The molecule has 1 heterocycles. The van der Waals surface area contributed by atoms with Crippen LogP contribution in [0.5, 0.6) is 0 Å². The predicted octanol–water partition coefficient (Wildman–Crippen LogP) is 2.14. The molecule has 1 aliphatic heterocycles. The van der Waals surface area contributed by atoms with E-state index in [1.165, 1.54) is 48.2 Å². The molecule has 2 aliphatic rings. The molecule has 144 valence electrons. The summed E-state index contributed by atoms with van der Waals surface area (Å²) in [5.41, 5.74) is 0.169. The molecule has 1 fully saturated rings. The van der Waals surface area contributed by atoms with Crippen LogP contribution in [0, 0.1) is 0 Å². The number of rotatable bonds is 4. The average molecular weight is 399 g/mol. The van der Waals surface area contributed by atoms with Gasteiger partial charge in [-0.3, -0.25) is 9.59 Å². The third-order valence-corrected chi connectivity index (χ3v) is 6.99. The molecule has 2 aromatic rings. The van der Waals surface area contributed by atoms with Crippen molar-refractivity contribution in [3.8, 4) is 0 Å². The van der Waals surface area contributed by atoms with Crippen molar-refractivity contribution < 1.29 is 27.9 Å². The maximum absolute atomic E-state index is 13.0. The van der Waals surface area contributed by atoms with E-state index in [1.807, 2.05) is 0 Å². The molecule has 1 N–H and O–H groups in total. The van der Waals surface area contributed by atoms with Crippen molar-refractivity contribution in [3.63, 3.8) is 0 Å². The topological polar surface area (TPSA) is 109 Å². The van der Waals surface area contributed by atoms with Gasteiger partial charge in [-0.25, -0.2) is 13.2 Å². The lowest BCUT2D eigenvalue weighted by Gasteiger charge is -2.27. The summed E-state index contributed by atoms with van der Waals surface area (Å²) in [6.45, 7) is 1.42. The molecule has 1 amide bonds. The Labute approximate surface area is 161 Å². The molecule has 7 nitrogen and oxygen atoms in total. The number of aliphatic carboxylic acids is 1. The highest BCUT2D eigenvalue weighted by Crippen LogP contribution is 2.36. The van der Waals surface area contributed by atoms with Crippen molar-refractivity contribution in [2.24, 2.45) is 0 Å². The zero-order valence-corrected chi connectivity index (χ0v) is 15.8. The molecule has 1 atom stereocenters. The Kier molecular flexibility index (Phi) is 4.11. The van der Waals surface area contributed by atoms with Crippen LogP contribution in [-0.2, 0) is 14.6 Å². The van der Waals surface area contributed by atoms with E-state index in [9.17, 15) is 27.9 Å². The second-order valence-electron chi connectivity index (χ2n) is 7.00. The number of hydrogen-bond donors (Lipinski definition) is 1. The van der Waals surface area contributed by atoms with Crippen LogP contribution in [0.1, 0.15) is 46.0 Å². The molecule has 1 unspecified atom stereocenters. The molecule has 28 heavy (non-hydrogen) atoms. The number of carbonyl (C=O) groups is 3. The molecule has 4 rings (SSSR count). The van der Waals surface area contributed by atoms with Crippen LogP contribution >= 0.6 is 0 Å². The van der Waals surface area contributed by atoms with Crippen molar-refractivity contribution in [2.45, 2.75) is 41.6 Å². The van der Waals surface area contributed by atoms with Gasteiger partial charge in [0.2, 0.25) is 9.84 Å². The fraction of sp³-hybridized carbons (Fsp3) is 0.250. The van der Waals surface area contributed by atoms with E-state index < -0.39 is 33.5 Å². The largest absolute Gasteiger partial charge is 0.480 e. The van der Waals surface area contributed by atoms with Crippen molar-refractivity contribution >= 4 is 27.5 Å². The van der Waals surface area contributed by atoms with E-state index in [0.717, 1.165) is 0 Å². The third-order valence-electron chi connectivity index (χ3n) is 5.13. The van der Waals surface area contributed by atoms with E-state index in [-0.39, 0.29) is 32.5 Å². The molecular weight excluding hydrogens is 382 g/mol. The van der Waals surface area contributed by atoms with Gasteiger partial charge in [0, 0.05) is 22.7 Å². The van der Waals surface area contributed by atoms with Crippen LogP contribution in [0.15, 0.2) is 52.3 Å². The number of carbonyl (C=O) groups excluding carboxylic acids is 2. The number of ketones is 1. The van der Waals surface area contributed by atoms with Crippen LogP contribution in [0.25, 0.3) is 0 Å². The maximum atomic E-state index is 13.0. The SMILES string of the molecule is CC(C(=O)O)N(C(=O)c1ccc2c(c1)S(=O)(=O)c1ccccc1C2=O)C1CC1. The summed E-state index contributed by atoms with van der Waals surface area (Å²) in [5, 5.41) is 9.31. The first kappa shape index (κ1) is 18.4. The molecule has 2 aromatic carbocycles. The molecule has 1 aliphatic carbocycles. The molecule has 8 heteroatoms. The lowest BCUT2D eigenvalue weighted by Crippen LogP contribution is -2.44. The van der Waals surface area contributed by atoms with Gasteiger partial charge in [0.05, 0.1) is 9.79 Å². The second-order valence-corrected chi connectivity index (χ2v) is 8.88. The van der Waals surface area contributed by atoms with Gasteiger partial charge < -0.3 is 10.0 Å². The quantitative estimate of drug-likeness (QED) is 0.720. The summed E-state index contributed by atoms with van der Waals surface area (Å²) < 4.78 is 26.0. The highest BCUT2D eigenvalue weighted by molar-refractivity contribution is 7.91. The minimum Gasteiger partial charge on any atom is -0.480 e. The normalized spacial score (nSPS) is 18.0. The molecular formula is C20H17NO6S. The number of benzene rings is 2. The van der Waals surface area contributed by atoms with Crippen molar-refractivity contribution in [2.75, 3.05) is 0 Å². The fourth-order valence-electron chi connectivity index (χ4n) is 3.50. The molecule has 1 saturated carbocycles. The van der Waals surface area contributed by atoms with Crippen molar-refractivity contribution in [1.29, 1.82) is 0 Å². The van der Waals surface area contributed by atoms with Crippen molar-refractivity contribution in [1.82, 2.24) is 4.90 Å². The number of sulfone groups is 1. The molecule has 0 bridgehead atoms. The second kappa shape index (κ2) is 6.27. The van der Waals surface area contributed by atoms with Crippen LogP contribution in [0.2, 0.25) is 0 Å². The van der Waals surface area contributed by atoms with Gasteiger partial charge in [0.15, 0.2) is 5.78 Å². The van der Waals surface area contributed by atoms with Gasteiger partial charge in [0.1, 0.15) is 6.04 Å². The van der Waals surface area contributed by atoms with Crippen LogP contribution in [0.3, 0.4) is 0 Å². The van der Waals surface area contributed by atoms with E-state index in [4.69, 9.17) is 0 Å². The van der Waals surface area contributed by atoms with Gasteiger partial charge in [-0.05, 0) is 50.1 Å². The van der Waals surface area contributed by atoms with Crippen LogP contribution < -0.4 is 0 Å². The first-order valence-electron chi connectivity index (χ1n) is 8.82. The van der Waals surface area contributed by atoms with Gasteiger partial charge >= 0.3 is 5.97 Å². The number of fused-ring (bicyclic) bond motifs is 2.